The second kappa shape index (κ2) is 6.19. The van der Waals surface area contributed by atoms with Gasteiger partial charge in [0.25, 0.3) is 0 Å². The zero-order valence-corrected chi connectivity index (χ0v) is 11.9. The van der Waals surface area contributed by atoms with Crippen LogP contribution in [-0.2, 0) is 16.1 Å². The summed E-state index contributed by atoms with van der Waals surface area (Å²) in [4.78, 5) is 18.5. The van der Waals surface area contributed by atoms with Crippen molar-refractivity contribution < 1.29 is 13.9 Å². The van der Waals surface area contributed by atoms with Crippen molar-refractivity contribution in [2.24, 2.45) is 0 Å². The van der Waals surface area contributed by atoms with Crippen molar-refractivity contribution in [3.63, 3.8) is 0 Å². The first kappa shape index (κ1) is 14.1. The number of esters is 1. The van der Waals surface area contributed by atoms with Gasteiger partial charge in [-0.1, -0.05) is 6.42 Å². The van der Waals surface area contributed by atoms with Gasteiger partial charge in [0.05, 0.1) is 18.8 Å². The first-order valence-electron chi connectivity index (χ1n) is 6.95. The van der Waals surface area contributed by atoms with E-state index in [2.05, 4.69) is 9.88 Å². The molecule has 1 aliphatic rings. The number of hydrogen-bond donors (Lipinski definition) is 0. The molecule has 2 heterocycles. The molecule has 0 N–H and O–H groups in total. The molecule has 1 aromatic rings. The lowest BCUT2D eigenvalue weighted by Crippen LogP contribution is -2.45. The maximum absolute atomic E-state index is 12.0. The lowest BCUT2D eigenvalue weighted by atomic mass is 10.0. The third kappa shape index (κ3) is 3.35. The molecule has 2 rings (SSSR count). The molecule has 0 bridgehead atoms. The molecule has 19 heavy (non-hydrogen) atoms. The molecule has 1 fully saturated rings. The Balaban J connectivity index is 2.05. The Morgan fingerprint density at radius 1 is 1.47 bits per heavy atom. The Labute approximate surface area is 113 Å². The van der Waals surface area contributed by atoms with E-state index >= 15 is 0 Å². The third-order valence-electron chi connectivity index (χ3n) is 3.58. The van der Waals surface area contributed by atoms with Crippen LogP contribution in [0.5, 0.6) is 0 Å². The van der Waals surface area contributed by atoms with Crippen LogP contribution >= 0.6 is 0 Å². The Kier molecular flexibility index (Phi) is 4.58. The molecule has 0 aromatic carbocycles. The van der Waals surface area contributed by atoms with Gasteiger partial charge in [-0.15, -0.1) is 0 Å². The van der Waals surface area contributed by atoms with Gasteiger partial charge in [-0.2, -0.15) is 0 Å². The zero-order chi connectivity index (χ0) is 13.8. The highest BCUT2D eigenvalue weighted by atomic mass is 16.5. The summed E-state index contributed by atoms with van der Waals surface area (Å²) in [7, 11) is 0. The number of nitrogens with zero attached hydrogens (tertiary/aromatic N) is 2. The van der Waals surface area contributed by atoms with Gasteiger partial charge in [-0.25, -0.2) is 4.98 Å². The van der Waals surface area contributed by atoms with E-state index in [1.54, 1.807) is 0 Å². The second-order valence-corrected chi connectivity index (χ2v) is 4.98. The van der Waals surface area contributed by atoms with Crippen LogP contribution in [0.3, 0.4) is 0 Å². The molecule has 0 saturated carbocycles. The predicted molar refractivity (Wildman–Crippen MR) is 70.7 cm³/mol. The van der Waals surface area contributed by atoms with Crippen LogP contribution < -0.4 is 0 Å². The molecule has 5 heteroatoms. The lowest BCUT2D eigenvalue weighted by Gasteiger charge is -2.32. The number of carbonyl (C=O) groups is 1. The summed E-state index contributed by atoms with van der Waals surface area (Å²) in [6, 6.07) is -0.152. The van der Waals surface area contributed by atoms with Crippen LogP contribution in [-0.4, -0.2) is 35.0 Å². The molecule has 5 nitrogen and oxygen atoms in total. The summed E-state index contributed by atoms with van der Waals surface area (Å²) in [5, 5.41) is 0. The monoisotopic (exact) mass is 266 g/mol. The Bertz CT molecular complexity index is 422. The molecule has 1 aliphatic heterocycles. The van der Waals surface area contributed by atoms with E-state index in [-0.39, 0.29) is 12.0 Å². The van der Waals surface area contributed by atoms with E-state index in [9.17, 15) is 4.79 Å². The molecule has 1 atom stereocenters. The number of ether oxygens (including phenoxy) is 1. The van der Waals surface area contributed by atoms with Crippen molar-refractivity contribution in [1.82, 2.24) is 9.88 Å². The number of carbonyl (C=O) groups excluding carboxylic acids is 1. The van der Waals surface area contributed by atoms with Crippen molar-refractivity contribution in [3.8, 4) is 0 Å². The topological polar surface area (TPSA) is 55.6 Å². The van der Waals surface area contributed by atoms with Gasteiger partial charge in [0, 0.05) is 0 Å². The lowest BCUT2D eigenvalue weighted by molar-refractivity contribution is -0.151. The zero-order valence-electron chi connectivity index (χ0n) is 11.9. The third-order valence-corrected chi connectivity index (χ3v) is 3.58. The molecule has 106 valence electrons. The molecule has 1 saturated heterocycles. The summed E-state index contributed by atoms with van der Waals surface area (Å²) in [5.74, 6) is 1.41. The van der Waals surface area contributed by atoms with E-state index in [0.717, 1.165) is 37.3 Å². The number of rotatable bonds is 4. The number of piperidine rings is 1. The molecule has 1 aromatic heterocycles. The number of oxazole rings is 1. The number of aromatic nitrogens is 1. The Morgan fingerprint density at radius 2 is 2.26 bits per heavy atom. The Morgan fingerprint density at radius 3 is 2.89 bits per heavy atom. The standard InChI is InChI=1S/C14H22N2O3/c1-4-18-14(17)12-7-5-6-8-16(12)9-13-15-10(2)11(3)19-13/h12H,4-9H2,1-3H3. The highest BCUT2D eigenvalue weighted by Gasteiger charge is 2.30. The van der Waals surface area contributed by atoms with E-state index < -0.39 is 0 Å². The Hall–Kier alpha value is -1.36. The maximum Gasteiger partial charge on any atom is 0.323 e. The average molecular weight is 266 g/mol. The highest BCUT2D eigenvalue weighted by molar-refractivity contribution is 5.75. The van der Waals surface area contributed by atoms with Gasteiger partial charge < -0.3 is 9.15 Å². The summed E-state index contributed by atoms with van der Waals surface area (Å²) >= 11 is 0. The quantitative estimate of drug-likeness (QED) is 0.782. The fraction of sp³-hybridized carbons (Fsp3) is 0.714. The SMILES string of the molecule is CCOC(=O)C1CCCCN1Cc1nc(C)c(C)o1. The minimum Gasteiger partial charge on any atom is -0.465 e. The summed E-state index contributed by atoms with van der Waals surface area (Å²) in [6.45, 7) is 7.58. The molecule has 0 radical (unpaired) electrons. The van der Waals surface area contributed by atoms with Crippen LogP contribution in [0.15, 0.2) is 4.42 Å². The van der Waals surface area contributed by atoms with E-state index in [1.807, 2.05) is 20.8 Å². The van der Waals surface area contributed by atoms with Crippen LogP contribution in [0.1, 0.15) is 43.5 Å². The van der Waals surface area contributed by atoms with Crippen LogP contribution in [0.4, 0.5) is 0 Å². The van der Waals surface area contributed by atoms with Crippen molar-refractivity contribution in [1.29, 1.82) is 0 Å². The molecule has 0 spiro atoms. The van der Waals surface area contributed by atoms with E-state index in [4.69, 9.17) is 9.15 Å². The number of hydrogen-bond acceptors (Lipinski definition) is 5. The summed E-state index contributed by atoms with van der Waals surface area (Å²) in [6.07, 6.45) is 3.04. The van der Waals surface area contributed by atoms with Gasteiger partial charge in [-0.05, 0) is 40.2 Å². The summed E-state index contributed by atoms with van der Waals surface area (Å²) in [5.41, 5.74) is 0.916. The highest BCUT2D eigenvalue weighted by Crippen LogP contribution is 2.21. The second-order valence-electron chi connectivity index (χ2n) is 4.98. The fourth-order valence-corrected chi connectivity index (χ4v) is 2.47. The molecular formula is C14H22N2O3. The molecule has 0 amide bonds. The van der Waals surface area contributed by atoms with Crippen molar-refractivity contribution >= 4 is 5.97 Å². The number of likely N-dealkylation sites (tertiary alicyclic amines) is 1. The number of aryl methyl sites for hydroxylation is 2. The normalized spacial score (nSPS) is 20.5. The van der Waals surface area contributed by atoms with Gasteiger partial charge in [-0.3, -0.25) is 9.69 Å². The van der Waals surface area contributed by atoms with Crippen molar-refractivity contribution in [3.05, 3.63) is 17.3 Å². The van der Waals surface area contributed by atoms with E-state index in [1.165, 1.54) is 0 Å². The van der Waals surface area contributed by atoms with E-state index in [0.29, 0.717) is 19.0 Å². The minimum atomic E-state index is -0.152. The van der Waals surface area contributed by atoms with Crippen LogP contribution in [0.2, 0.25) is 0 Å². The minimum absolute atomic E-state index is 0.123. The first-order chi connectivity index (χ1) is 9.11. The fourth-order valence-electron chi connectivity index (χ4n) is 2.47. The average Bonchev–Trinajstić information content (AvgIpc) is 2.69. The smallest absolute Gasteiger partial charge is 0.323 e. The maximum atomic E-state index is 12.0. The molecular weight excluding hydrogens is 244 g/mol. The molecule has 0 aliphatic carbocycles. The van der Waals surface area contributed by atoms with Gasteiger partial charge >= 0.3 is 5.97 Å². The van der Waals surface area contributed by atoms with Crippen molar-refractivity contribution in [2.75, 3.05) is 13.2 Å². The largest absolute Gasteiger partial charge is 0.465 e. The van der Waals surface area contributed by atoms with Gasteiger partial charge in [0.15, 0.2) is 0 Å². The van der Waals surface area contributed by atoms with Crippen LogP contribution in [0, 0.1) is 13.8 Å². The van der Waals surface area contributed by atoms with Crippen molar-refractivity contribution in [2.45, 2.75) is 52.6 Å². The van der Waals surface area contributed by atoms with Gasteiger partial charge in [0.2, 0.25) is 5.89 Å². The predicted octanol–water partition coefficient (Wildman–Crippen LogP) is 2.21. The van der Waals surface area contributed by atoms with Gasteiger partial charge in [0.1, 0.15) is 11.8 Å². The first-order valence-corrected chi connectivity index (χ1v) is 6.95. The summed E-state index contributed by atoms with van der Waals surface area (Å²) < 4.78 is 10.7. The van der Waals surface area contributed by atoms with Crippen LogP contribution in [0.25, 0.3) is 0 Å². The molecule has 1 unspecified atom stereocenters.